The smallest absolute Gasteiger partial charge is 0.263 e. The Morgan fingerprint density at radius 3 is 2.60 bits per heavy atom. The minimum atomic E-state index is -3.70. The highest BCUT2D eigenvalue weighted by atomic mass is 32.2. The number of aliphatic hydroxyl groups is 1. The van der Waals surface area contributed by atoms with Gasteiger partial charge in [0.15, 0.2) is 0 Å². The van der Waals surface area contributed by atoms with Crippen molar-refractivity contribution >= 4 is 15.8 Å². The first-order valence-corrected chi connectivity index (χ1v) is 7.57. The Labute approximate surface area is 118 Å². The van der Waals surface area contributed by atoms with Crippen LogP contribution in [0.5, 0.6) is 0 Å². The van der Waals surface area contributed by atoms with Crippen LogP contribution in [0, 0.1) is 13.8 Å². The molecule has 0 radical (unpaired) electrons. The average Bonchev–Trinajstić information content (AvgIpc) is 2.38. The molecule has 0 spiro atoms. The van der Waals surface area contributed by atoms with Crippen molar-refractivity contribution in [2.75, 3.05) is 4.72 Å². The fourth-order valence-corrected chi connectivity index (χ4v) is 2.83. The number of rotatable bonds is 4. The van der Waals surface area contributed by atoms with E-state index in [9.17, 15) is 13.5 Å². The Hall–Kier alpha value is -1.92. The molecule has 106 valence electrons. The number of anilines is 1. The molecule has 0 aliphatic heterocycles. The molecule has 0 saturated carbocycles. The third-order valence-corrected chi connectivity index (χ3v) is 4.28. The van der Waals surface area contributed by atoms with Crippen LogP contribution in [0.2, 0.25) is 0 Å². The van der Waals surface area contributed by atoms with Crippen molar-refractivity contribution in [3.63, 3.8) is 0 Å². The Morgan fingerprint density at radius 1 is 1.20 bits per heavy atom. The quantitative estimate of drug-likeness (QED) is 0.903. The minimum absolute atomic E-state index is 0.107. The van der Waals surface area contributed by atoms with E-state index in [1.54, 1.807) is 31.2 Å². The van der Waals surface area contributed by atoms with Gasteiger partial charge in [0.05, 0.1) is 11.5 Å². The van der Waals surface area contributed by atoms with E-state index < -0.39 is 10.0 Å². The first-order valence-electron chi connectivity index (χ1n) is 6.09. The molecule has 1 aromatic heterocycles. The molecule has 0 fully saturated rings. The summed E-state index contributed by atoms with van der Waals surface area (Å²) in [5, 5.41) is 9.21. The van der Waals surface area contributed by atoms with Gasteiger partial charge in [0.2, 0.25) is 0 Å². The lowest BCUT2D eigenvalue weighted by atomic mass is 10.1. The van der Waals surface area contributed by atoms with Gasteiger partial charge in [-0.1, -0.05) is 12.1 Å². The molecule has 6 heteroatoms. The van der Waals surface area contributed by atoms with E-state index in [-0.39, 0.29) is 17.3 Å². The minimum Gasteiger partial charge on any atom is -0.392 e. The molecule has 0 aliphatic rings. The summed E-state index contributed by atoms with van der Waals surface area (Å²) in [6.07, 6.45) is 0. The van der Waals surface area contributed by atoms with Gasteiger partial charge in [-0.25, -0.2) is 13.4 Å². The zero-order chi connectivity index (χ0) is 14.8. The van der Waals surface area contributed by atoms with Gasteiger partial charge in [0.1, 0.15) is 5.82 Å². The van der Waals surface area contributed by atoms with Crippen LogP contribution in [0.15, 0.2) is 41.3 Å². The third kappa shape index (κ3) is 3.15. The van der Waals surface area contributed by atoms with Gasteiger partial charge >= 0.3 is 0 Å². The summed E-state index contributed by atoms with van der Waals surface area (Å²) in [6, 6.07) is 9.75. The van der Waals surface area contributed by atoms with Crippen LogP contribution in [-0.4, -0.2) is 18.5 Å². The highest BCUT2D eigenvalue weighted by Gasteiger charge is 2.16. The normalized spacial score (nSPS) is 11.3. The van der Waals surface area contributed by atoms with Crippen LogP contribution in [-0.2, 0) is 16.6 Å². The Bertz CT molecular complexity index is 727. The molecule has 1 aromatic carbocycles. The number of aryl methyl sites for hydroxylation is 2. The second kappa shape index (κ2) is 5.60. The van der Waals surface area contributed by atoms with E-state index in [0.29, 0.717) is 5.56 Å². The second-order valence-electron chi connectivity index (χ2n) is 4.52. The lowest BCUT2D eigenvalue weighted by molar-refractivity contribution is 0.281. The molecular formula is C14H16N2O3S. The fourth-order valence-electron chi connectivity index (χ4n) is 1.78. The number of sulfonamides is 1. The predicted molar refractivity (Wildman–Crippen MR) is 76.9 cm³/mol. The molecular weight excluding hydrogens is 276 g/mol. The van der Waals surface area contributed by atoms with Crippen LogP contribution in [0.25, 0.3) is 0 Å². The molecule has 2 N–H and O–H groups in total. The molecule has 2 aromatic rings. The molecule has 0 unspecified atom stereocenters. The summed E-state index contributed by atoms with van der Waals surface area (Å²) < 4.78 is 26.9. The lowest BCUT2D eigenvalue weighted by Gasteiger charge is -2.10. The molecule has 0 amide bonds. The molecule has 0 atom stereocenters. The maximum Gasteiger partial charge on any atom is 0.263 e. The summed E-state index contributed by atoms with van der Waals surface area (Å²) in [7, 11) is -3.70. The van der Waals surface area contributed by atoms with Crippen LogP contribution >= 0.6 is 0 Å². The van der Waals surface area contributed by atoms with Crippen LogP contribution in [0.1, 0.15) is 16.8 Å². The molecule has 5 nitrogen and oxygen atoms in total. The monoisotopic (exact) mass is 292 g/mol. The standard InChI is InChI=1S/C14H16N2O3S/c1-10-6-7-13(8-12(10)9-17)20(18,19)16-14-5-3-4-11(2)15-14/h3-8,17H,9H2,1-2H3,(H,15,16). The molecule has 20 heavy (non-hydrogen) atoms. The number of pyridine rings is 1. The number of hydrogen-bond acceptors (Lipinski definition) is 4. The first kappa shape index (κ1) is 14.5. The summed E-state index contributed by atoms with van der Waals surface area (Å²) in [5.74, 6) is 0.274. The van der Waals surface area contributed by atoms with E-state index in [1.807, 2.05) is 6.92 Å². The van der Waals surface area contributed by atoms with Crippen LogP contribution < -0.4 is 4.72 Å². The summed E-state index contributed by atoms with van der Waals surface area (Å²) in [5.41, 5.74) is 2.16. The second-order valence-corrected chi connectivity index (χ2v) is 6.20. The third-order valence-electron chi connectivity index (χ3n) is 2.93. The number of aromatic nitrogens is 1. The summed E-state index contributed by atoms with van der Waals surface area (Å²) in [4.78, 5) is 4.21. The van der Waals surface area contributed by atoms with E-state index in [0.717, 1.165) is 11.3 Å². The first-order chi connectivity index (χ1) is 9.42. The molecule has 2 rings (SSSR count). The SMILES string of the molecule is Cc1cccc(NS(=O)(=O)c2ccc(C)c(CO)c2)n1. The van der Waals surface area contributed by atoms with Gasteiger partial charge in [-0.3, -0.25) is 4.72 Å². The topological polar surface area (TPSA) is 79.3 Å². The number of benzene rings is 1. The van der Waals surface area contributed by atoms with Crippen molar-refractivity contribution in [1.29, 1.82) is 0 Å². The maximum atomic E-state index is 12.3. The van der Waals surface area contributed by atoms with Crippen molar-refractivity contribution in [2.45, 2.75) is 25.3 Å². The highest BCUT2D eigenvalue weighted by molar-refractivity contribution is 7.92. The van der Waals surface area contributed by atoms with Crippen LogP contribution in [0.4, 0.5) is 5.82 Å². The largest absolute Gasteiger partial charge is 0.392 e. The number of nitrogens with one attached hydrogen (secondary N) is 1. The average molecular weight is 292 g/mol. The zero-order valence-corrected chi connectivity index (χ0v) is 12.1. The van der Waals surface area contributed by atoms with Crippen molar-refractivity contribution < 1.29 is 13.5 Å². The van der Waals surface area contributed by atoms with Gasteiger partial charge in [-0.15, -0.1) is 0 Å². The summed E-state index contributed by atoms with van der Waals surface area (Å²) in [6.45, 7) is 3.41. The molecule has 0 bridgehead atoms. The molecule has 1 heterocycles. The van der Waals surface area contributed by atoms with Gasteiger partial charge < -0.3 is 5.11 Å². The van der Waals surface area contributed by atoms with Crippen molar-refractivity contribution in [3.05, 3.63) is 53.2 Å². The van der Waals surface area contributed by atoms with E-state index in [2.05, 4.69) is 9.71 Å². The zero-order valence-electron chi connectivity index (χ0n) is 11.3. The number of aliphatic hydroxyl groups excluding tert-OH is 1. The van der Waals surface area contributed by atoms with E-state index in [4.69, 9.17) is 0 Å². The van der Waals surface area contributed by atoms with Gasteiger partial charge in [0, 0.05) is 5.69 Å². The fraction of sp³-hybridized carbons (Fsp3) is 0.214. The van der Waals surface area contributed by atoms with Gasteiger partial charge in [0.25, 0.3) is 10.0 Å². The maximum absolute atomic E-state index is 12.3. The van der Waals surface area contributed by atoms with Gasteiger partial charge in [-0.2, -0.15) is 0 Å². The van der Waals surface area contributed by atoms with E-state index in [1.165, 1.54) is 12.1 Å². The predicted octanol–water partition coefficient (Wildman–Crippen LogP) is 1.99. The summed E-state index contributed by atoms with van der Waals surface area (Å²) >= 11 is 0. The number of hydrogen-bond donors (Lipinski definition) is 2. The van der Waals surface area contributed by atoms with E-state index >= 15 is 0 Å². The molecule has 0 saturated heterocycles. The Morgan fingerprint density at radius 2 is 1.95 bits per heavy atom. The molecule has 0 aliphatic carbocycles. The lowest BCUT2D eigenvalue weighted by Crippen LogP contribution is -2.14. The highest BCUT2D eigenvalue weighted by Crippen LogP contribution is 2.18. The van der Waals surface area contributed by atoms with Crippen LogP contribution in [0.3, 0.4) is 0 Å². The van der Waals surface area contributed by atoms with Crippen molar-refractivity contribution in [1.82, 2.24) is 4.98 Å². The van der Waals surface area contributed by atoms with Crippen molar-refractivity contribution in [3.8, 4) is 0 Å². The number of nitrogens with zero attached hydrogens (tertiary/aromatic N) is 1. The van der Waals surface area contributed by atoms with Gasteiger partial charge in [-0.05, 0) is 49.2 Å². The van der Waals surface area contributed by atoms with Crippen molar-refractivity contribution in [2.24, 2.45) is 0 Å². The Kier molecular flexibility index (Phi) is 4.06. The Balaban J connectivity index is 2.35.